The minimum absolute atomic E-state index is 0.116. The first kappa shape index (κ1) is 14.4. The van der Waals surface area contributed by atoms with Crippen molar-refractivity contribution in [1.29, 1.82) is 0 Å². The minimum atomic E-state index is -0.169. The normalized spacial score (nSPS) is 18.1. The monoisotopic (exact) mass is 338 g/mol. The van der Waals surface area contributed by atoms with E-state index < -0.39 is 0 Å². The number of imidazole rings is 1. The largest absolute Gasteiger partial charge is 0.417 e. The molecule has 3 heterocycles. The van der Waals surface area contributed by atoms with Gasteiger partial charge in [-0.2, -0.15) is 0 Å². The van der Waals surface area contributed by atoms with Crippen molar-refractivity contribution in [3.05, 3.63) is 36.3 Å². The second-order valence-corrected chi connectivity index (χ2v) is 6.57. The quantitative estimate of drug-likeness (QED) is 0.783. The number of hydrogen-bond donors (Lipinski definition) is 1. The van der Waals surface area contributed by atoms with E-state index in [1.54, 1.807) is 11.2 Å². The average molecular weight is 338 g/mol. The summed E-state index contributed by atoms with van der Waals surface area (Å²) in [5, 5.41) is 7.93. The minimum Gasteiger partial charge on any atom is -0.417 e. The van der Waals surface area contributed by atoms with Gasteiger partial charge in [-0.05, 0) is 25.0 Å². The number of para-hydroxylation sites is 1. The predicted octanol–water partition coefficient (Wildman–Crippen LogP) is 1.79. The fourth-order valence-corrected chi connectivity index (χ4v) is 3.31. The van der Waals surface area contributed by atoms with Crippen LogP contribution in [0.15, 0.2) is 28.9 Å². The van der Waals surface area contributed by atoms with Crippen molar-refractivity contribution in [2.75, 3.05) is 31.1 Å². The van der Waals surface area contributed by atoms with Crippen LogP contribution in [0, 0.1) is 0 Å². The van der Waals surface area contributed by atoms with E-state index in [2.05, 4.69) is 31.1 Å². The lowest BCUT2D eigenvalue weighted by Gasteiger charge is -2.35. The number of benzene rings is 1. The van der Waals surface area contributed by atoms with Crippen LogP contribution in [0.3, 0.4) is 0 Å². The summed E-state index contributed by atoms with van der Waals surface area (Å²) in [5.74, 6) is 0.911. The smallest absolute Gasteiger partial charge is 0.311 e. The standard InChI is InChI=1S/C17H18N6O2/c24-17(16-21-20-15(25-16)11-4-5-11)23-8-6-22(7-9-23)13-3-1-2-12-14(13)19-10-18-12/h1-3,10-11H,4-9H2,(H,18,19). The molecular formula is C17H18N6O2. The van der Waals surface area contributed by atoms with E-state index in [9.17, 15) is 4.79 Å². The molecule has 0 unspecified atom stereocenters. The molecule has 1 aliphatic heterocycles. The van der Waals surface area contributed by atoms with Gasteiger partial charge in [-0.1, -0.05) is 6.07 Å². The number of anilines is 1. The Hall–Kier alpha value is -2.90. The Labute approximate surface area is 143 Å². The molecule has 0 radical (unpaired) electrons. The second kappa shape index (κ2) is 5.58. The van der Waals surface area contributed by atoms with Gasteiger partial charge < -0.3 is 19.2 Å². The van der Waals surface area contributed by atoms with E-state index in [0.717, 1.165) is 42.7 Å². The highest BCUT2D eigenvalue weighted by atomic mass is 16.4. The van der Waals surface area contributed by atoms with Gasteiger partial charge in [0.2, 0.25) is 5.89 Å². The number of fused-ring (bicyclic) bond motifs is 1. The number of piperazine rings is 1. The number of carbonyl (C=O) groups excluding carboxylic acids is 1. The zero-order chi connectivity index (χ0) is 16.8. The van der Waals surface area contributed by atoms with Crippen LogP contribution in [-0.2, 0) is 0 Å². The van der Waals surface area contributed by atoms with Crippen molar-refractivity contribution in [2.24, 2.45) is 0 Å². The molecule has 1 saturated carbocycles. The topological polar surface area (TPSA) is 91.2 Å². The molecule has 2 fully saturated rings. The third kappa shape index (κ3) is 2.54. The molecule has 0 bridgehead atoms. The molecule has 8 heteroatoms. The van der Waals surface area contributed by atoms with Crippen LogP contribution in [0.4, 0.5) is 5.69 Å². The van der Waals surface area contributed by atoms with Crippen molar-refractivity contribution in [1.82, 2.24) is 25.1 Å². The zero-order valence-corrected chi connectivity index (χ0v) is 13.7. The van der Waals surface area contributed by atoms with Crippen molar-refractivity contribution in [2.45, 2.75) is 18.8 Å². The van der Waals surface area contributed by atoms with Gasteiger partial charge in [-0.3, -0.25) is 4.79 Å². The van der Waals surface area contributed by atoms with Crippen LogP contribution in [0.2, 0.25) is 0 Å². The fourth-order valence-electron chi connectivity index (χ4n) is 3.31. The molecule has 2 aromatic heterocycles. The van der Waals surface area contributed by atoms with Crippen LogP contribution in [0.25, 0.3) is 11.0 Å². The highest BCUT2D eigenvalue weighted by molar-refractivity contribution is 5.90. The van der Waals surface area contributed by atoms with Crippen molar-refractivity contribution in [3.63, 3.8) is 0 Å². The Morgan fingerprint density at radius 1 is 1.16 bits per heavy atom. The number of carbonyl (C=O) groups is 1. The van der Waals surface area contributed by atoms with E-state index in [4.69, 9.17) is 4.42 Å². The summed E-state index contributed by atoms with van der Waals surface area (Å²) >= 11 is 0. The third-order valence-corrected chi connectivity index (χ3v) is 4.89. The van der Waals surface area contributed by atoms with Crippen LogP contribution in [0.5, 0.6) is 0 Å². The summed E-state index contributed by atoms with van der Waals surface area (Å²) in [6.07, 6.45) is 3.86. The Kier molecular flexibility index (Phi) is 3.22. The van der Waals surface area contributed by atoms with Crippen LogP contribution in [-0.4, -0.2) is 57.2 Å². The second-order valence-electron chi connectivity index (χ2n) is 6.57. The maximum absolute atomic E-state index is 12.6. The predicted molar refractivity (Wildman–Crippen MR) is 90.5 cm³/mol. The van der Waals surface area contributed by atoms with E-state index in [-0.39, 0.29) is 11.8 Å². The SMILES string of the molecule is O=C(c1nnc(C2CC2)o1)N1CCN(c2cccc3[nH]cnc23)CC1. The lowest BCUT2D eigenvalue weighted by atomic mass is 10.2. The van der Waals surface area contributed by atoms with Crippen molar-refractivity contribution in [3.8, 4) is 0 Å². The molecule has 1 aliphatic carbocycles. The first-order chi connectivity index (χ1) is 12.3. The van der Waals surface area contributed by atoms with Gasteiger partial charge >= 0.3 is 11.8 Å². The van der Waals surface area contributed by atoms with Crippen LogP contribution < -0.4 is 4.90 Å². The molecule has 8 nitrogen and oxygen atoms in total. The highest BCUT2D eigenvalue weighted by Crippen LogP contribution is 2.39. The summed E-state index contributed by atoms with van der Waals surface area (Å²) in [4.78, 5) is 24.2. The lowest BCUT2D eigenvalue weighted by molar-refractivity contribution is 0.0704. The van der Waals surface area contributed by atoms with Crippen LogP contribution >= 0.6 is 0 Å². The first-order valence-electron chi connectivity index (χ1n) is 8.59. The summed E-state index contributed by atoms with van der Waals surface area (Å²) in [6.45, 7) is 2.75. The van der Waals surface area contributed by atoms with Gasteiger partial charge in [0.25, 0.3) is 0 Å². The lowest BCUT2D eigenvalue weighted by Crippen LogP contribution is -2.49. The highest BCUT2D eigenvalue weighted by Gasteiger charge is 2.32. The van der Waals surface area contributed by atoms with Crippen LogP contribution in [0.1, 0.15) is 35.3 Å². The molecule has 1 N–H and O–H groups in total. The molecule has 0 atom stereocenters. The summed E-state index contributed by atoms with van der Waals surface area (Å²) < 4.78 is 5.54. The number of H-pyrrole nitrogens is 1. The maximum Gasteiger partial charge on any atom is 0.311 e. The maximum atomic E-state index is 12.6. The van der Waals surface area contributed by atoms with Gasteiger partial charge in [-0.15, -0.1) is 10.2 Å². The number of aromatic amines is 1. The number of aromatic nitrogens is 4. The zero-order valence-electron chi connectivity index (χ0n) is 13.7. The number of amides is 1. The Morgan fingerprint density at radius 2 is 2.00 bits per heavy atom. The molecule has 2 aliphatic rings. The van der Waals surface area contributed by atoms with Gasteiger partial charge in [0.15, 0.2) is 0 Å². The molecule has 1 saturated heterocycles. The summed E-state index contributed by atoms with van der Waals surface area (Å²) in [6, 6.07) is 6.10. The number of rotatable bonds is 3. The molecule has 1 aromatic carbocycles. The molecule has 128 valence electrons. The third-order valence-electron chi connectivity index (χ3n) is 4.89. The Balaban J connectivity index is 1.29. The van der Waals surface area contributed by atoms with E-state index in [1.165, 1.54) is 0 Å². The Morgan fingerprint density at radius 3 is 2.80 bits per heavy atom. The van der Waals surface area contributed by atoms with E-state index in [0.29, 0.717) is 24.9 Å². The van der Waals surface area contributed by atoms with Gasteiger partial charge in [0.05, 0.1) is 17.5 Å². The van der Waals surface area contributed by atoms with E-state index >= 15 is 0 Å². The number of hydrogen-bond acceptors (Lipinski definition) is 6. The average Bonchev–Trinajstić information content (AvgIpc) is 3.19. The van der Waals surface area contributed by atoms with Crippen molar-refractivity contribution >= 4 is 22.6 Å². The number of nitrogens with one attached hydrogen (secondary N) is 1. The van der Waals surface area contributed by atoms with Crippen molar-refractivity contribution < 1.29 is 9.21 Å². The van der Waals surface area contributed by atoms with Gasteiger partial charge in [0, 0.05) is 32.1 Å². The molecule has 0 spiro atoms. The molecule has 1 amide bonds. The Bertz CT molecular complexity index is 920. The van der Waals surface area contributed by atoms with Gasteiger partial charge in [0.1, 0.15) is 5.52 Å². The summed E-state index contributed by atoms with van der Waals surface area (Å²) in [5.41, 5.74) is 3.09. The number of nitrogens with zero attached hydrogens (tertiary/aromatic N) is 5. The summed E-state index contributed by atoms with van der Waals surface area (Å²) in [7, 11) is 0. The van der Waals surface area contributed by atoms with E-state index in [1.807, 2.05) is 12.1 Å². The molecule has 3 aromatic rings. The molecular weight excluding hydrogens is 320 g/mol. The molecule has 25 heavy (non-hydrogen) atoms. The van der Waals surface area contributed by atoms with Gasteiger partial charge in [-0.25, -0.2) is 4.98 Å². The molecule has 5 rings (SSSR count). The first-order valence-corrected chi connectivity index (χ1v) is 8.59. The fraction of sp³-hybridized carbons (Fsp3) is 0.412.